The average molecular weight is 286 g/mol. The van der Waals surface area contributed by atoms with Crippen LogP contribution in [0.4, 0.5) is 0 Å². The predicted octanol–water partition coefficient (Wildman–Crippen LogP) is 0.663. The molecular weight excluding hydrogens is 270 g/mol. The lowest BCUT2D eigenvalue weighted by Gasteiger charge is -2.27. The standard InChI is InChI=1S/C8H16BrNO3S/c1-8(2,14(4,12)13)7(11)10(3)6-5-9/h5-6H2,1-4H3. The van der Waals surface area contributed by atoms with Crippen molar-refractivity contribution in [1.29, 1.82) is 0 Å². The van der Waals surface area contributed by atoms with Gasteiger partial charge in [-0.15, -0.1) is 0 Å². The maximum absolute atomic E-state index is 11.7. The maximum atomic E-state index is 11.7. The summed E-state index contributed by atoms with van der Waals surface area (Å²) in [6.07, 6.45) is 1.08. The van der Waals surface area contributed by atoms with Gasteiger partial charge in [-0.25, -0.2) is 8.42 Å². The van der Waals surface area contributed by atoms with Gasteiger partial charge in [-0.2, -0.15) is 0 Å². The second kappa shape index (κ2) is 4.61. The van der Waals surface area contributed by atoms with Crippen LogP contribution in [0.15, 0.2) is 0 Å². The highest BCUT2D eigenvalue weighted by atomic mass is 79.9. The zero-order chi connectivity index (χ0) is 11.6. The molecule has 0 heterocycles. The van der Waals surface area contributed by atoms with E-state index < -0.39 is 14.6 Å². The van der Waals surface area contributed by atoms with Crippen molar-refractivity contribution in [3.63, 3.8) is 0 Å². The van der Waals surface area contributed by atoms with E-state index in [1.807, 2.05) is 0 Å². The smallest absolute Gasteiger partial charge is 0.243 e. The van der Waals surface area contributed by atoms with Crippen LogP contribution in [-0.2, 0) is 14.6 Å². The molecule has 0 aromatic rings. The van der Waals surface area contributed by atoms with Crippen LogP contribution < -0.4 is 0 Å². The Bertz CT molecular complexity index is 311. The van der Waals surface area contributed by atoms with Crippen molar-refractivity contribution >= 4 is 31.7 Å². The van der Waals surface area contributed by atoms with E-state index in [1.54, 1.807) is 7.05 Å². The van der Waals surface area contributed by atoms with E-state index in [9.17, 15) is 13.2 Å². The number of hydrogen-bond acceptors (Lipinski definition) is 3. The Morgan fingerprint density at radius 3 is 2.14 bits per heavy atom. The summed E-state index contributed by atoms with van der Waals surface area (Å²) in [6.45, 7) is 3.35. The lowest BCUT2D eigenvalue weighted by atomic mass is 10.2. The zero-order valence-corrected chi connectivity index (χ0v) is 11.3. The van der Waals surface area contributed by atoms with Crippen LogP contribution in [0.5, 0.6) is 0 Å². The van der Waals surface area contributed by atoms with Crippen molar-refractivity contribution in [2.24, 2.45) is 0 Å². The van der Waals surface area contributed by atoms with E-state index in [0.717, 1.165) is 6.26 Å². The molecule has 0 unspecified atom stereocenters. The molecule has 84 valence electrons. The Morgan fingerprint density at radius 2 is 1.86 bits per heavy atom. The van der Waals surface area contributed by atoms with Gasteiger partial charge in [0, 0.05) is 25.2 Å². The highest BCUT2D eigenvalue weighted by molar-refractivity contribution is 9.09. The van der Waals surface area contributed by atoms with E-state index >= 15 is 0 Å². The number of sulfone groups is 1. The normalized spacial score (nSPS) is 12.6. The SMILES string of the molecule is CN(CCBr)C(=O)C(C)(C)S(C)(=O)=O. The van der Waals surface area contributed by atoms with Gasteiger partial charge < -0.3 is 4.90 Å². The van der Waals surface area contributed by atoms with Gasteiger partial charge in [-0.1, -0.05) is 15.9 Å². The number of carbonyl (C=O) groups is 1. The number of rotatable bonds is 4. The summed E-state index contributed by atoms with van der Waals surface area (Å²) < 4.78 is 21.3. The zero-order valence-electron chi connectivity index (χ0n) is 8.87. The maximum Gasteiger partial charge on any atom is 0.243 e. The second-order valence-electron chi connectivity index (χ2n) is 3.70. The van der Waals surface area contributed by atoms with Gasteiger partial charge in [0.15, 0.2) is 9.84 Å². The van der Waals surface area contributed by atoms with Gasteiger partial charge in [0.25, 0.3) is 0 Å². The van der Waals surface area contributed by atoms with Crippen molar-refractivity contribution < 1.29 is 13.2 Å². The Balaban J connectivity index is 4.86. The molecule has 0 atom stereocenters. The number of carbonyl (C=O) groups excluding carboxylic acids is 1. The summed E-state index contributed by atoms with van der Waals surface area (Å²) in [6, 6.07) is 0. The molecule has 4 nitrogen and oxygen atoms in total. The molecule has 0 saturated heterocycles. The van der Waals surface area contributed by atoms with Crippen LogP contribution in [0.25, 0.3) is 0 Å². The minimum atomic E-state index is -3.37. The first-order valence-corrected chi connectivity index (χ1v) is 7.17. The van der Waals surface area contributed by atoms with Crippen LogP contribution in [0, 0.1) is 0 Å². The molecule has 0 bridgehead atoms. The lowest BCUT2D eigenvalue weighted by molar-refractivity contribution is -0.131. The molecule has 0 N–H and O–H groups in total. The first-order valence-electron chi connectivity index (χ1n) is 4.15. The number of amides is 1. The second-order valence-corrected chi connectivity index (χ2v) is 7.06. The summed E-state index contributed by atoms with van der Waals surface area (Å²) in [5, 5.41) is 0.634. The van der Waals surface area contributed by atoms with Gasteiger partial charge >= 0.3 is 0 Å². The monoisotopic (exact) mass is 285 g/mol. The van der Waals surface area contributed by atoms with Crippen molar-refractivity contribution in [2.45, 2.75) is 18.6 Å². The first kappa shape index (κ1) is 13.9. The number of hydrogen-bond donors (Lipinski definition) is 0. The largest absolute Gasteiger partial charge is 0.344 e. The van der Waals surface area contributed by atoms with E-state index in [0.29, 0.717) is 11.9 Å². The third-order valence-corrected chi connectivity index (χ3v) is 4.59. The Morgan fingerprint density at radius 1 is 1.43 bits per heavy atom. The van der Waals surface area contributed by atoms with Crippen LogP contribution >= 0.6 is 15.9 Å². The predicted molar refractivity (Wildman–Crippen MR) is 60.4 cm³/mol. The summed E-state index contributed by atoms with van der Waals surface area (Å²) >= 11 is 3.19. The van der Waals surface area contributed by atoms with Gasteiger partial charge in [-0.05, 0) is 13.8 Å². The lowest BCUT2D eigenvalue weighted by Crippen LogP contribution is -2.48. The molecule has 0 aliphatic rings. The fourth-order valence-electron chi connectivity index (χ4n) is 0.847. The topological polar surface area (TPSA) is 54.5 Å². The molecule has 14 heavy (non-hydrogen) atoms. The van der Waals surface area contributed by atoms with Crippen molar-refractivity contribution in [1.82, 2.24) is 4.90 Å². The minimum Gasteiger partial charge on any atom is -0.344 e. The molecule has 1 amide bonds. The minimum absolute atomic E-state index is 0.376. The van der Waals surface area contributed by atoms with Gasteiger partial charge in [0.2, 0.25) is 5.91 Å². The first-order chi connectivity index (χ1) is 6.14. The summed E-state index contributed by atoms with van der Waals surface area (Å²) in [5.74, 6) is -0.376. The third kappa shape index (κ3) is 2.95. The van der Waals surface area contributed by atoms with E-state index in [2.05, 4.69) is 15.9 Å². The molecule has 0 aliphatic carbocycles. The molecular formula is C8H16BrNO3S. The van der Waals surface area contributed by atoms with E-state index in [1.165, 1.54) is 18.7 Å². The Kier molecular flexibility index (Phi) is 4.58. The summed E-state index contributed by atoms with van der Waals surface area (Å²) in [7, 11) is -1.78. The number of nitrogens with zero attached hydrogens (tertiary/aromatic N) is 1. The highest BCUT2D eigenvalue weighted by Crippen LogP contribution is 2.17. The van der Waals surface area contributed by atoms with Crippen LogP contribution in [0.2, 0.25) is 0 Å². The summed E-state index contributed by atoms with van der Waals surface area (Å²) in [4.78, 5) is 13.1. The molecule has 0 fully saturated rings. The highest BCUT2D eigenvalue weighted by Gasteiger charge is 2.40. The van der Waals surface area contributed by atoms with Crippen molar-refractivity contribution in [3.05, 3.63) is 0 Å². The Labute approximate surface area is 93.7 Å². The van der Waals surface area contributed by atoms with Crippen LogP contribution in [-0.4, -0.2) is 49.2 Å². The van der Waals surface area contributed by atoms with Gasteiger partial charge in [-0.3, -0.25) is 4.79 Å². The molecule has 0 aromatic carbocycles. The summed E-state index contributed by atoms with van der Waals surface area (Å²) in [5.41, 5.74) is 0. The van der Waals surface area contributed by atoms with Crippen molar-refractivity contribution in [3.8, 4) is 0 Å². The molecule has 0 aliphatic heterocycles. The third-order valence-electron chi connectivity index (χ3n) is 2.21. The molecule has 6 heteroatoms. The molecule has 0 radical (unpaired) electrons. The van der Waals surface area contributed by atoms with Gasteiger partial charge in [0.05, 0.1) is 0 Å². The quantitative estimate of drug-likeness (QED) is 0.714. The molecule has 0 rings (SSSR count). The molecule has 0 aromatic heterocycles. The Hall–Kier alpha value is -0.100. The van der Waals surface area contributed by atoms with Crippen LogP contribution in [0.1, 0.15) is 13.8 Å². The molecule has 0 spiro atoms. The molecule has 0 saturated carbocycles. The van der Waals surface area contributed by atoms with Crippen LogP contribution in [0.3, 0.4) is 0 Å². The average Bonchev–Trinajstić information content (AvgIpc) is 2.01. The van der Waals surface area contributed by atoms with E-state index in [-0.39, 0.29) is 5.91 Å². The number of alkyl halides is 1. The fourth-order valence-corrected chi connectivity index (χ4v) is 1.85. The van der Waals surface area contributed by atoms with Crippen molar-refractivity contribution in [2.75, 3.05) is 25.2 Å². The number of halogens is 1. The fraction of sp³-hybridized carbons (Fsp3) is 0.875. The van der Waals surface area contributed by atoms with E-state index in [4.69, 9.17) is 0 Å². The van der Waals surface area contributed by atoms with Gasteiger partial charge in [0.1, 0.15) is 4.75 Å².